The minimum atomic E-state index is -0.527. The summed E-state index contributed by atoms with van der Waals surface area (Å²) in [6.07, 6.45) is 4.28. The monoisotopic (exact) mass is 417 g/mol. The third kappa shape index (κ3) is 4.47. The molecular formula is C17H14Cl3NO3S. The Hall–Kier alpha value is -1.27. The number of hydrogen-bond acceptors (Lipinski definition) is 4. The van der Waals surface area contributed by atoms with E-state index in [-0.39, 0.29) is 15.7 Å². The molecule has 4 nitrogen and oxygen atoms in total. The first kappa shape index (κ1) is 18.5. The van der Waals surface area contributed by atoms with E-state index >= 15 is 0 Å². The number of benzene rings is 1. The van der Waals surface area contributed by atoms with E-state index in [2.05, 4.69) is 5.32 Å². The van der Waals surface area contributed by atoms with E-state index < -0.39 is 18.5 Å². The van der Waals surface area contributed by atoms with Crippen LogP contribution in [0.15, 0.2) is 18.2 Å². The molecule has 1 aromatic carbocycles. The quantitative estimate of drug-likeness (QED) is 0.678. The summed E-state index contributed by atoms with van der Waals surface area (Å²) in [4.78, 5) is 25.9. The second kappa shape index (κ2) is 7.96. The molecule has 0 saturated heterocycles. The van der Waals surface area contributed by atoms with Crippen molar-refractivity contribution < 1.29 is 14.3 Å². The molecule has 0 fully saturated rings. The molecule has 0 spiro atoms. The number of amides is 1. The van der Waals surface area contributed by atoms with Gasteiger partial charge in [0, 0.05) is 9.90 Å². The Morgan fingerprint density at radius 3 is 2.44 bits per heavy atom. The van der Waals surface area contributed by atoms with Crippen molar-refractivity contribution in [2.24, 2.45) is 0 Å². The maximum Gasteiger partial charge on any atom is 0.348 e. The minimum Gasteiger partial charge on any atom is -0.451 e. The molecule has 1 aromatic heterocycles. The van der Waals surface area contributed by atoms with Crippen LogP contribution in [0, 0.1) is 0 Å². The van der Waals surface area contributed by atoms with Gasteiger partial charge in [-0.15, -0.1) is 11.3 Å². The van der Waals surface area contributed by atoms with Crippen molar-refractivity contribution in [2.45, 2.75) is 25.7 Å². The fourth-order valence-electron chi connectivity index (χ4n) is 2.63. The maximum absolute atomic E-state index is 12.1. The van der Waals surface area contributed by atoms with Gasteiger partial charge in [-0.25, -0.2) is 4.79 Å². The molecule has 2 aromatic rings. The minimum absolute atomic E-state index is 0.211. The molecule has 132 valence electrons. The van der Waals surface area contributed by atoms with Crippen molar-refractivity contribution >= 4 is 63.7 Å². The predicted octanol–water partition coefficient (Wildman–Crippen LogP) is 5.38. The number of hydrogen-bond donors (Lipinski definition) is 1. The van der Waals surface area contributed by atoms with Gasteiger partial charge in [0.1, 0.15) is 4.88 Å². The van der Waals surface area contributed by atoms with Crippen LogP contribution in [-0.2, 0) is 22.4 Å². The van der Waals surface area contributed by atoms with E-state index in [1.165, 1.54) is 33.9 Å². The van der Waals surface area contributed by atoms with E-state index in [1.807, 2.05) is 6.07 Å². The molecule has 0 aliphatic heterocycles. The van der Waals surface area contributed by atoms with Crippen molar-refractivity contribution in [1.29, 1.82) is 0 Å². The van der Waals surface area contributed by atoms with Gasteiger partial charge in [-0.3, -0.25) is 4.79 Å². The van der Waals surface area contributed by atoms with Gasteiger partial charge >= 0.3 is 5.97 Å². The molecule has 0 saturated carbocycles. The lowest BCUT2D eigenvalue weighted by atomic mass is 9.99. The molecule has 0 atom stereocenters. The van der Waals surface area contributed by atoms with Gasteiger partial charge in [0.05, 0.1) is 15.7 Å². The van der Waals surface area contributed by atoms with E-state index in [9.17, 15) is 9.59 Å². The molecule has 3 rings (SSSR count). The Labute approximate surface area is 164 Å². The molecule has 0 bridgehead atoms. The normalized spacial score (nSPS) is 13.2. The summed E-state index contributed by atoms with van der Waals surface area (Å²) >= 11 is 19.3. The van der Waals surface area contributed by atoms with Crippen molar-refractivity contribution in [1.82, 2.24) is 0 Å². The summed E-state index contributed by atoms with van der Waals surface area (Å²) in [6, 6.07) is 4.80. The van der Waals surface area contributed by atoms with Crippen molar-refractivity contribution in [3.05, 3.63) is 48.6 Å². The van der Waals surface area contributed by atoms with Gasteiger partial charge in [0.15, 0.2) is 6.61 Å². The summed E-state index contributed by atoms with van der Waals surface area (Å²) in [7, 11) is 0. The molecule has 1 amide bonds. The number of esters is 1. The Morgan fingerprint density at radius 2 is 1.76 bits per heavy atom. The Morgan fingerprint density at radius 1 is 1.08 bits per heavy atom. The van der Waals surface area contributed by atoms with Crippen LogP contribution in [0.25, 0.3) is 0 Å². The molecular weight excluding hydrogens is 405 g/mol. The van der Waals surface area contributed by atoms with Crippen LogP contribution in [0.4, 0.5) is 5.69 Å². The van der Waals surface area contributed by atoms with Crippen molar-refractivity contribution in [3.63, 3.8) is 0 Å². The van der Waals surface area contributed by atoms with Crippen LogP contribution in [0.5, 0.6) is 0 Å². The number of carbonyl (C=O) groups excluding carboxylic acids is 2. The molecule has 8 heteroatoms. The Balaban J connectivity index is 1.59. The highest BCUT2D eigenvalue weighted by atomic mass is 35.5. The number of halogens is 3. The smallest absolute Gasteiger partial charge is 0.348 e. The van der Waals surface area contributed by atoms with Crippen LogP contribution < -0.4 is 5.32 Å². The largest absolute Gasteiger partial charge is 0.451 e. The number of thiophene rings is 1. The molecule has 1 aliphatic carbocycles. The number of rotatable bonds is 4. The molecule has 0 unspecified atom stereocenters. The Kier molecular flexibility index (Phi) is 5.89. The number of ether oxygens (including phenoxy) is 1. The highest BCUT2D eigenvalue weighted by molar-refractivity contribution is 7.14. The lowest BCUT2D eigenvalue weighted by Crippen LogP contribution is -2.21. The average molecular weight is 419 g/mol. The number of carbonyl (C=O) groups is 2. The fourth-order valence-corrected chi connectivity index (χ4v) is 4.69. The fraction of sp³-hybridized carbons (Fsp3) is 0.294. The van der Waals surface area contributed by atoms with E-state index in [1.54, 1.807) is 0 Å². The van der Waals surface area contributed by atoms with Gasteiger partial charge in [0.25, 0.3) is 5.91 Å². The summed E-state index contributed by atoms with van der Waals surface area (Å²) in [5.74, 6) is -1.02. The first-order valence-electron chi connectivity index (χ1n) is 7.67. The van der Waals surface area contributed by atoms with Crippen LogP contribution in [0.1, 0.15) is 33.0 Å². The summed E-state index contributed by atoms with van der Waals surface area (Å²) in [5.41, 5.74) is 1.45. The lowest BCUT2D eigenvalue weighted by Gasteiger charge is -2.10. The summed E-state index contributed by atoms with van der Waals surface area (Å²) < 4.78 is 5.09. The van der Waals surface area contributed by atoms with E-state index in [0.717, 1.165) is 25.7 Å². The predicted molar refractivity (Wildman–Crippen MR) is 101 cm³/mol. The van der Waals surface area contributed by atoms with Crippen LogP contribution in [0.3, 0.4) is 0 Å². The zero-order chi connectivity index (χ0) is 18.0. The highest BCUT2D eigenvalue weighted by Crippen LogP contribution is 2.33. The van der Waals surface area contributed by atoms with Gasteiger partial charge in [-0.1, -0.05) is 34.8 Å². The number of fused-ring (bicyclic) bond motifs is 1. The third-order valence-corrected chi connectivity index (χ3v) is 5.83. The lowest BCUT2D eigenvalue weighted by molar-refractivity contribution is -0.119. The molecule has 1 aliphatic rings. The Bertz CT molecular complexity index is 788. The van der Waals surface area contributed by atoms with Crippen molar-refractivity contribution in [3.8, 4) is 0 Å². The van der Waals surface area contributed by atoms with E-state index in [0.29, 0.717) is 9.90 Å². The van der Waals surface area contributed by atoms with E-state index in [4.69, 9.17) is 39.5 Å². The second-order valence-corrected chi connectivity index (χ2v) is 8.02. The highest BCUT2D eigenvalue weighted by Gasteiger charge is 2.19. The molecule has 1 N–H and O–H groups in total. The zero-order valence-corrected chi connectivity index (χ0v) is 16.1. The number of aryl methyl sites for hydroxylation is 2. The first-order valence-corrected chi connectivity index (χ1v) is 9.62. The molecule has 1 heterocycles. The number of anilines is 1. The maximum atomic E-state index is 12.1. The van der Waals surface area contributed by atoms with Gasteiger partial charge in [0.2, 0.25) is 0 Å². The van der Waals surface area contributed by atoms with Crippen LogP contribution in [0.2, 0.25) is 15.1 Å². The third-order valence-electron chi connectivity index (χ3n) is 3.80. The van der Waals surface area contributed by atoms with Gasteiger partial charge in [-0.05, 0) is 49.4 Å². The first-order chi connectivity index (χ1) is 11.9. The van der Waals surface area contributed by atoms with Crippen molar-refractivity contribution in [2.75, 3.05) is 11.9 Å². The zero-order valence-electron chi connectivity index (χ0n) is 13.0. The average Bonchev–Trinajstić information content (AvgIpc) is 3.00. The summed E-state index contributed by atoms with van der Waals surface area (Å²) in [6.45, 7) is -0.420. The SMILES string of the molecule is O=C(COC(=O)c1cc2c(s1)CCCC2)Nc1c(Cl)cc(Cl)cc1Cl. The van der Waals surface area contributed by atoms with Gasteiger partial charge in [-0.2, -0.15) is 0 Å². The topological polar surface area (TPSA) is 55.4 Å². The standard InChI is InChI=1S/C17H14Cl3NO3S/c18-10-6-11(19)16(12(20)7-10)21-15(22)8-24-17(23)14-5-9-3-1-2-4-13(9)25-14/h5-7H,1-4,8H2,(H,21,22). The van der Waals surface area contributed by atoms with Crippen LogP contribution >= 0.6 is 46.1 Å². The number of nitrogens with one attached hydrogen (secondary N) is 1. The molecule has 0 radical (unpaired) electrons. The van der Waals surface area contributed by atoms with Crippen LogP contribution in [-0.4, -0.2) is 18.5 Å². The van der Waals surface area contributed by atoms with Gasteiger partial charge < -0.3 is 10.1 Å². The summed E-state index contributed by atoms with van der Waals surface area (Å²) in [5, 5.41) is 3.31. The molecule has 25 heavy (non-hydrogen) atoms. The second-order valence-electron chi connectivity index (χ2n) is 5.63.